The zero-order valence-electron chi connectivity index (χ0n) is 13.4. The number of carbonyl (C=O) groups excluding carboxylic acids is 1. The zero-order chi connectivity index (χ0) is 16.7. The van der Waals surface area contributed by atoms with E-state index in [0.29, 0.717) is 12.3 Å². The van der Waals surface area contributed by atoms with Crippen LogP contribution in [0.5, 0.6) is 0 Å². The van der Waals surface area contributed by atoms with Gasteiger partial charge in [-0.15, -0.1) is 11.3 Å². The van der Waals surface area contributed by atoms with Crippen molar-refractivity contribution in [2.24, 2.45) is 0 Å². The maximum absolute atomic E-state index is 12.9. The van der Waals surface area contributed by atoms with Crippen molar-refractivity contribution >= 4 is 23.0 Å². The number of nitrogens with zero attached hydrogens (tertiary/aromatic N) is 3. The summed E-state index contributed by atoms with van der Waals surface area (Å²) in [4.78, 5) is 35.2. The van der Waals surface area contributed by atoms with Crippen LogP contribution in [0.25, 0.3) is 5.78 Å². The summed E-state index contributed by atoms with van der Waals surface area (Å²) in [5, 5.41) is 1.99. The van der Waals surface area contributed by atoms with E-state index in [0.717, 1.165) is 35.4 Å². The van der Waals surface area contributed by atoms with Crippen LogP contribution in [0.15, 0.2) is 34.7 Å². The Balaban J connectivity index is 1.73. The van der Waals surface area contributed by atoms with Gasteiger partial charge in [0.15, 0.2) is 0 Å². The Kier molecular flexibility index (Phi) is 3.72. The molecule has 4 rings (SSSR count). The van der Waals surface area contributed by atoms with Gasteiger partial charge in [0, 0.05) is 30.7 Å². The summed E-state index contributed by atoms with van der Waals surface area (Å²) in [6, 6.07) is 3.41. The van der Waals surface area contributed by atoms with Crippen LogP contribution in [0, 0.1) is 6.92 Å². The number of thiophene rings is 1. The van der Waals surface area contributed by atoms with E-state index in [2.05, 4.69) is 9.97 Å². The number of amides is 1. The van der Waals surface area contributed by atoms with Crippen LogP contribution in [0.3, 0.4) is 0 Å². The summed E-state index contributed by atoms with van der Waals surface area (Å²) < 4.78 is 1.47. The van der Waals surface area contributed by atoms with Crippen molar-refractivity contribution in [2.45, 2.75) is 32.2 Å². The molecule has 1 aliphatic rings. The van der Waals surface area contributed by atoms with E-state index in [9.17, 15) is 9.59 Å². The number of aryl methyl sites for hydroxylation is 1. The van der Waals surface area contributed by atoms with Gasteiger partial charge in [0.1, 0.15) is 0 Å². The molecular formula is C17H18N4O2S. The van der Waals surface area contributed by atoms with E-state index in [4.69, 9.17) is 0 Å². The maximum atomic E-state index is 12.9. The Morgan fingerprint density at radius 3 is 3.04 bits per heavy atom. The van der Waals surface area contributed by atoms with Crippen molar-refractivity contribution < 1.29 is 4.79 Å². The lowest BCUT2D eigenvalue weighted by Crippen LogP contribution is -2.39. The highest BCUT2D eigenvalue weighted by Crippen LogP contribution is 2.31. The van der Waals surface area contributed by atoms with Crippen LogP contribution in [0.1, 0.15) is 46.2 Å². The van der Waals surface area contributed by atoms with Crippen LogP contribution in [0.2, 0.25) is 0 Å². The molecule has 1 atom stereocenters. The summed E-state index contributed by atoms with van der Waals surface area (Å²) in [5.74, 6) is 0.560. The number of carbonyl (C=O) groups is 1. The average molecular weight is 342 g/mol. The molecule has 0 spiro atoms. The largest absolute Gasteiger partial charge is 0.329 e. The summed E-state index contributed by atoms with van der Waals surface area (Å²) in [5.41, 5.74) is 1.74. The molecule has 124 valence electrons. The summed E-state index contributed by atoms with van der Waals surface area (Å²) in [6.07, 6.45) is 6.11. The molecule has 24 heavy (non-hydrogen) atoms. The fourth-order valence-corrected chi connectivity index (χ4v) is 4.16. The Morgan fingerprint density at radius 2 is 2.25 bits per heavy atom. The monoisotopic (exact) mass is 342 g/mol. The van der Waals surface area contributed by atoms with Crippen molar-refractivity contribution in [3.63, 3.8) is 0 Å². The van der Waals surface area contributed by atoms with E-state index >= 15 is 0 Å². The molecule has 0 aromatic carbocycles. The van der Waals surface area contributed by atoms with E-state index in [1.807, 2.05) is 23.3 Å². The topological polar surface area (TPSA) is 70.5 Å². The Hall–Kier alpha value is -2.41. The molecule has 0 saturated carbocycles. The fourth-order valence-electron chi connectivity index (χ4n) is 3.30. The summed E-state index contributed by atoms with van der Waals surface area (Å²) >= 11 is 1.48. The molecule has 3 aromatic rings. The number of hydrogen-bond acceptors (Lipinski definition) is 4. The van der Waals surface area contributed by atoms with Gasteiger partial charge < -0.3 is 9.88 Å². The number of aromatic amines is 1. The van der Waals surface area contributed by atoms with Gasteiger partial charge in [0.2, 0.25) is 5.78 Å². The minimum absolute atomic E-state index is 0.0434. The van der Waals surface area contributed by atoms with Crippen molar-refractivity contribution in [1.29, 1.82) is 0 Å². The van der Waals surface area contributed by atoms with Gasteiger partial charge in [-0.25, -0.2) is 4.98 Å². The molecule has 1 saturated heterocycles. The molecule has 0 aliphatic carbocycles. The molecule has 0 radical (unpaired) electrons. The number of piperidine rings is 1. The first-order chi connectivity index (χ1) is 11.6. The second-order valence-electron chi connectivity index (χ2n) is 6.18. The van der Waals surface area contributed by atoms with Crippen molar-refractivity contribution in [3.8, 4) is 0 Å². The van der Waals surface area contributed by atoms with Gasteiger partial charge in [-0.05, 0) is 43.2 Å². The van der Waals surface area contributed by atoms with Gasteiger partial charge in [-0.3, -0.25) is 14.0 Å². The highest BCUT2D eigenvalue weighted by molar-refractivity contribution is 7.12. The van der Waals surface area contributed by atoms with Crippen molar-refractivity contribution in [1.82, 2.24) is 19.3 Å². The molecule has 3 aromatic heterocycles. The van der Waals surface area contributed by atoms with Crippen LogP contribution in [-0.4, -0.2) is 31.7 Å². The van der Waals surface area contributed by atoms with Gasteiger partial charge in [0.25, 0.3) is 11.5 Å². The zero-order valence-corrected chi connectivity index (χ0v) is 14.2. The molecule has 4 heterocycles. The standard InChI is InChI=1S/C17H18N4O2S/c1-11-8-14(24-10-11)16(23)20-6-3-2-4-13(20)12-9-15(22)21-7-5-18-17(21)19-12/h5,7-10,13H,2-4,6H2,1H3,(H,18,19)/t13-/m1/s1. The van der Waals surface area contributed by atoms with E-state index < -0.39 is 0 Å². The number of aromatic nitrogens is 3. The Bertz CT molecular complexity index is 955. The van der Waals surface area contributed by atoms with E-state index in [-0.39, 0.29) is 17.5 Å². The molecule has 1 fully saturated rings. The molecular weight excluding hydrogens is 324 g/mol. The molecule has 1 amide bonds. The lowest BCUT2D eigenvalue weighted by Gasteiger charge is -2.35. The van der Waals surface area contributed by atoms with Crippen LogP contribution in [-0.2, 0) is 0 Å². The predicted octanol–water partition coefficient (Wildman–Crippen LogP) is 2.76. The minimum Gasteiger partial charge on any atom is -0.329 e. The van der Waals surface area contributed by atoms with Crippen LogP contribution < -0.4 is 5.56 Å². The van der Waals surface area contributed by atoms with Crippen molar-refractivity contribution in [3.05, 3.63) is 56.4 Å². The summed E-state index contributed by atoms with van der Waals surface area (Å²) in [7, 11) is 0. The highest BCUT2D eigenvalue weighted by Gasteiger charge is 2.30. The number of H-pyrrole nitrogens is 1. The molecule has 7 heteroatoms. The maximum Gasteiger partial charge on any atom is 0.264 e. The lowest BCUT2D eigenvalue weighted by atomic mass is 9.98. The predicted molar refractivity (Wildman–Crippen MR) is 92.5 cm³/mol. The molecule has 0 bridgehead atoms. The third kappa shape index (κ3) is 2.54. The number of fused-ring (bicyclic) bond motifs is 1. The smallest absolute Gasteiger partial charge is 0.264 e. The second-order valence-corrected chi connectivity index (χ2v) is 7.09. The fraction of sp³-hybridized carbons (Fsp3) is 0.353. The number of rotatable bonds is 2. The molecule has 1 aliphatic heterocycles. The SMILES string of the molecule is Cc1csc(C(=O)N2CCCC[C@@H]2c2cc(=O)n3ccnc3[nH]2)c1. The molecule has 0 unspecified atom stereocenters. The Labute approximate surface area is 142 Å². The van der Waals surface area contributed by atoms with E-state index in [1.165, 1.54) is 15.7 Å². The first kappa shape index (κ1) is 15.1. The first-order valence-electron chi connectivity index (χ1n) is 8.06. The van der Waals surface area contributed by atoms with Crippen molar-refractivity contribution in [2.75, 3.05) is 6.54 Å². The van der Waals surface area contributed by atoms with Gasteiger partial charge in [-0.2, -0.15) is 0 Å². The quantitative estimate of drug-likeness (QED) is 0.778. The summed E-state index contributed by atoms with van der Waals surface area (Å²) in [6.45, 7) is 2.70. The third-order valence-corrected chi connectivity index (χ3v) is 5.51. The number of nitrogens with one attached hydrogen (secondary N) is 1. The van der Waals surface area contributed by atoms with Crippen LogP contribution >= 0.6 is 11.3 Å². The number of hydrogen-bond donors (Lipinski definition) is 1. The normalized spacial score (nSPS) is 18.2. The minimum atomic E-state index is -0.124. The number of imidazole rings is 1. The average Bonchev–Trinajstić information content (AvgIpc) is 3.23. The molecule has 6 nitrogen and oxygen atoms in total. The van der Waals surface area contributed by atoms with Gasteiger partial charge >= 0.3 is 0 Å². The van der Waals surface area contributed by atoms with E-state index in [1.54, 1.807) is 18.5 Å². The highest BCUT2D eigenvalue weighted by atomic mass is 32.1. The lowest BCUT2D eigenvalue weighted by molar-refractivity contribution is 0.0611. The number of likely N-dealkylation sites (tertiary alicyclic amines) is 1. The second kappa shape index (κ2) is 5.90. The van der Waals surface area contributed by atoms with Gasteiger partial charge in [-0.1, -0.05) is 0 Å². The molecule has 1 N–H and O–H groups in total. The van der Waals surface area contributed by atoms with Gasteiger partial charge in [0.05, 0.1) is 10.9 Å². The third-order valence-electron chi connectivity index (χ3n) is 4.48. The first-order valence-corrected chi connectivity index (χ1v) is 8.94. The van der Waals surface area contributed by atoms with Crippen LogP contribution in [0.4, 0.5) is 0 Å². The Morgan fingerprint density at radius 1 is 1.38 bits per heavy atom.